The number of unbranched alkanes of at least 4 members (excludes halogenated alkanes) is 4. The van der Waals surface area contributed by atoms with Crippen molar-refractivity contribution in [3.63, 3.8) is 0 Å². The maximum atomic E-state index is 14.8. The average Bonchev–Trinajstić information content (AvgIpc) is 3.31. The van der Waals surface area contributed by atoms with Crippen molar-refractivity contribution in [2.75, 3.05) is 11.1 Å². The van der Waals surface area contributed by atoms with Crippen LogP contribution in [0.3, 0.4) is 0 Å². The summed E-state index contributed by atoms with van der Waals surface area (Å²) in [4.78, 5) is 29.4. The van der Waals surface area contributed by atoms with Crippen molar-refractivity contribution >= 4 is 28.6 Å². The van der Waals surface area contributed by atoms with Crippen LogP contribution in [0.1, 0.15) is 197 Å². The molecule has 0 aliphatic heterocycles. The molecule has 0 saturated heterocycles. The predicted octanol–water partition coefficient (Wildman–Crippen LogP) is 15.6. The Balaban J connectivity index is 1.05. The lowest BCUT2D eigenvalue weighted by Crippen LogP contribution is -2.24. The maximum Gasteiger partial charge on any atom is 0.200 e. The van der Waals surface area contributed by atoms with Gasteiger partial charge in [0.25, 0.3) is 0 Å². The number of hydrogen-bond donors (Lipinski definition) is 4. The topological polar surface area (TPSA) is 131 Å². The number of rotatable bonds is 17. The first-order chi connectivity index (χ1) is 31.5. The first-order valence-corrected chi connectivity index (χ1v) is 24.6. The van der Waals surface area contributed by atoms with E-state index in [0.717, 1.165) is 17.4 Å². The van der Waals surface area contributed by atoms with Gasteiger partial charge in [0.15, 0.2) is 23.0 Å². The molecule has 0 amide bonds. The van der Waals surface area contributed by atoms with Gasteiger partial charge in [-0.25, -0.2) is 0 Å². The molecular formula is C57H68N2O6. The molecule has 8 nitrogen and oxygen atoms in total. The van der Waals surface area contributed by atoms with E-state index < -0.39 is 23.1 Å². The fourth-order valence-corrected chi connectivity index (χ4v) is 10.7. The summed E-state index contributed by atoms with van der Waals surface area (Å²) in [5.74, 6) is 1.49. The number of phenolic OH excluding ortho intramolecular Hbond substituents is 2. The van der Waals surface area contributed by atoms with E-state index in [0.29, 0.717) is 34.9 Å². The van der Waals surface area contributed by atoms with Gasteiger partial charge in [-0.05, 0) is 134 Å². The van der Waals surface area contributed by atoms with E-state index in [4.69, 9.17) is 15.2 Å². The van der Waals surface area contributed by atoms with Crippen LogP contribution in [0.4, 0.5) is 17.1 Å². The lowest BCUT2D eigenvalue weighted by molar-refractivity contribution is 0.0974. The smallest absolute Gasteiger partial charge is 0.200 e. The van der Waals surface area contributed by atoms with E-state index >= 15 is 0 Å². The average molecular weight is 877 g/mol. The van der Waals surface area contributed by atoms with Crippen molar-refractivity contribution < 1.29 is 29.3 Å². The number of anilines is 3. The minimum absolute atomic E-state index is 0.00111. The van der Waals surface area contributed by atoms with Crippen LogP contribution in [0.5, 0.6) is 34.5 Å². The minimum atomic E-state index is -0.708. The number of carbonyl (C=O) groups excluding carboxylic acids is 2. The van der Waals surface area contributed by atoms with E-state index in [-0.39, 0.29) is 45.1 Å². The van der Waals surface area contributed by atoms with Gasteiger partial charge in [0.05, 0.1) is 27.9 Å². The molecule has 2 fully saturated rings. The van der Waals surface area contributed by atoms with Crippen LogP contribution in [-0.4, -0.2) is 21.8 Å². The van der Waals surface area contributed by atoms with Crippen molar-refractivity contribution in [2.45, 2.75) is 148 Å². The molecule has 3 aliphatic carbocycles. The highest BCUT2D eigenvalue weighted by molar-refractivity contribution is 6.34. The second kappa shape index (κ2) is 20.6. The highest BCUT2D eigenvalue weighted by atomic mass is 16.5. The van der Waals surface area contributed by atoms with Crippen LogP contribution >= 0.6 is 0 Å². The Morgan fingerprint density at radius 2 is 1.03 bits per heavy atom. The Labute approximate surface area is 386 Å². The van der Waals surface area contributed by atoms with Crippen LogP contribution in [0.25, 0.3) is 0 Å². The van der Waals surface area contributed by atoms with Crippen LogP contribution in [-0.2, 0) is 0 Å². The number of ketones is 2. The van der Waals surface area contributed by atoms with Crippen molar-refractivity contribution in [1.29, 1.82) is 0 Å². The molecule has 0 aromatic heterocycles. The molecule has 0 heterocycles. The maximum absolute atomic E-state index is 14.8. The number of phenols is 2. The monoisotopic (exact) mass is 877 g/mol. The number of carbonyl (C=O) groups is 2. The largest absolute Gasteiger partial charge is 0.504 e. The van der Waals surface area contributed by atoms with E-state index in [2.05, 4.69) is 57.3 Å². The summed E-state index contributed by atoms with van der Waals surface area (Å²) in [5, 5.41) is 27.0. The first kappa shape index (κ1) is 45.8. The third-order valence-corrected chi connectivity index (χ3v) is 14.6. The van der Waals surface area contributed by atoms with E-state index in [9.17, 15) is 19.8 Å². The molecule has 0 bridgehead atoms. The Morgan fingerprint density at radius 1 is 0.585 bits per heavy atom. The molecule has 65 heavy (non-hydrogen) atoms. The number of aromatic hydroxyl groups is 2. The van der Waals surface area contributed by atoms with Gasteiger partial charge in [0.2, 0.25) is 11.6 Å². The van der Waals surface area contributed by atoms with Gasteiger partial charge < -0.3 is 30.7 Å². The Bertz CT molecular complexity index is 2440. The molecule has 5 N–H and O–H groups in total. The van der Waals surface area contributed by atoms with Gasteiger partial charge in [-0.15, -0.1) is 0 Å². The summed E-state index contributed by atoms with van der Waals surface area (Å²) in [7, 11) is 0. The van der Waals surface area contributed by atoms with Crippen molar-refractivity contribution in [3.05, 3.63) is 124 Å². The van der Waals surface area contributed by atoms with Gasteiger partial charge in [-0.1, -0.05) is 115 Å². The SMILES string of the molecule is CCCCCC1CCC(c2ccc(Oc3cc(N)c4c(c3O)C(=O)c3c(Nc5ccc(C(C)C)cc5)cc(Oc5ccc(C6CCC(CCCCC)CC6)cc5)c(O)c3C4=O)cc2)CC1. The third-order valence-electron chi connectivity index (χ3n) is 14.6. The number of nitrogens with one attached hydrogen (secondary N) is 1. The van der Waals surface area contributed by atoms with Gasteiger partial charge in [0, 0.05) is 23.5 Å². The van der Waals surface area contributed by atoms with Crippen LogP contribution < -0.4 is 20.5 Å². The van der Waals surface area contributed by atoms with E-state index in [1.54, 1.807) is 0 Å². The summed E-state index contributed by atoms with van der Waals surface area (Å²) >= 11 is 0. The molecule has 342 valence electrons. The number of hydrogen-bond acceptors (Lipinski definition) is 8. The minimum Gasteiger partial charge on any atom is -0.504 e. The quantitative estimate of drug-likeness (QED) is 0.0405. The summed E-state index contributed by atoms with van der Waals surface area (Å²) in [6.07, 6.45) is 20.2. The zero-order valence-electron chi connectivity index (χ0n) is 38.9. The molecular weight excluding hydrogens is 809 g/mol. The molecule has 2 saturated carbocycles. The fourth-order valence-electron chi connectivity index (χ4n) is 10.7. The number of nitrogen functional groups attached to an aromatic ring is 1. The van der Waals surface area contributed by atoms with E-state index in [1.165, 1.54) is 126 Å². The van der Waals surface area contributed by atoms with Gasteiger partial charge in [-0.3, -0.25) is 9.59 Å². The molecule has 8 rings (SSSR count). The van der Waals surface area contributed by atoms with Crippen molar-refractivity contribution in [3.8, 4) is 34.5 Å². The fraction of sp³-hybridized carbons (Fsp3) is 0.439. The molecule has 0 atom stereocenters. The van der Waals surface area contributed by atoms with Crippen LogP contribution in [0, 0.1) is 11.8 Å². The molecule has 0 unspecified atom stereocenters. The molecule has 5 aromatic rings. The molecule has 3 aliphatic rings. The van der Waals surface area contributed by atoms with Crippen LogP contribution in [0.15, 0.2) is 84.9 Å². The highest BCUT2D eigenvalue weighted by Crippen LogP contribution is 2.50. The second-order valence-electron chi connectivity index (χ2n) is 19.4. The molecule has 5 aromatic carbocycles. The highest BCUT2D eigenvalue weighted by Gasteiger charge is 2.41. The van der Waals surface area contributed by atoms with Crippen molar-refractivity contribution in [2.24, 2.45) is 11.8 Å². The van der Waals surface area contributed by atoms with Crippen molar-refractivity contribution in [1.82, 2.24) is 0 Å². The predicted molar refractivity (Wildman–Crippen MR) is 262 cm³/mol. The lowest BCUT2D eigenvalue weighted by atomic mass is 9.77. The zero-order valence-corrected chi connectivity index (χ0v) is 38.9. The number of ether oxygens (including phenoxy) is 2. The normalized spacial score (nSPS) is 19.5. The Morgan fingerprint density at radius 3 is 1.49 bits per heavy atom. The van der Waals surface area contributed by atoms with Gasteiger partial charge in [0.1, 0.15) is 11.5 Å². The third kappa shape index (κ3) is 10.2. The Hall–Kier alpha value is -5.76. The Kier molecular flexibility index (Phi) is 14.5. The molecule has 8 heteroatoms. The number of benzene rings is 5. The molecule has 0 radical (unpaired) electrons. The lowest BCUT2D eigenvalue weighted by Gasteiger charge is -2.29. The number of fused-ring (bicyclic) bond motifs is 2. The zero-order chi connectivity index (χ0) is 45.6. The number of nitrogens with two attached hydrogens (primary N) is 1. The van der Waals surface area contributed by atoms with E-state index in [1.807, 2.05) is 48.5 Å². The summed E-state index contributed by atoms with van der Waals surface area (Å²) in [5.41, 5.74) is 10.3. The molecule has 0 spiro atoms. The van der Waals surface area contributed by atoms with Crippen LogP contribution in [0.2, 0.25) is 0 Å². The first-order valence-electron chi connectivity index (χ1n) is 24.6. The summed E-state index contributed by atoms with van der Waals surface area (Å²) < 4.78 is 12.5. The van der Waals surface area contributed by atoms with Gasteiger partial charge >= 0.3 is 0 Å². The second-order valence-corrected chi connectivity index (χ2v) is 19.4. The standard InChI is InChI=1S/C57H68N2O6/c1-5-7-9-11-36-13-17-39(18-14-36)41-23-29-44(30-24-41)64-48-33-46(58)50-52(54(48)60)57(63)51-47(59-43-27-21-38(22-28-43)35(3)4)34-49(55(61)53(51)56(50)62)65-45-31-25-42(26-32-45)40-19-15-37(16-20-40)12-10-8-6-2/h21-37,39-40,59-61H,5-20,58H2,1-4H3. The van der Waals surface area contributed by atoms with Gasteiger partial charge in [-0.2, -0.15) is 0 Å². The summed E-state index contributed by atoms with van der Waals surface area (Å²) in [6, 6.07) is 26.6. The summed E-state index contributed by atoms with van der Waals surface area (Å²) in [6.45, 7) is 8.74.